The molecule has 1 aliphatic rings. The quantitative estimate of drug-likeness (QED) is 0.631. The first-order valence-corrected chi connectivity index (χ1v) is 10.5. The number of aryl methyl sites for hydroxylation is 1. The predicted molar refractivity (Wildman–Crippen MR) is 103 cm³/mol. The minimum absolute atomic E-state index is 0.0280. The molecule has 1 heterocycles. The lowest BCUT2D eigenvalue weighted by atomic mass is 10.0. The number of para-hydroxylation sites is 1. The summed E-state index contributed by atoms with van der Waals surface area (Å²) < 4.78 is 37.9. The van der Waals surface area contributed by atoms with Gasteiger partial charge in [-0.1, -0.05) is 37.6 Å². The number of hydrogen-bond acceptors (Lipinski definition) is 4. The first-order valence-electron chi connectivity index (χ1n) is 8.87. The first kappa shape index (κ1) is 18.7. The van der Waals surface area contributed by atoms with Crippen LogP contribution in [0.3, 0.4) is 0 Å². The van der Waals surface area contributed by atoms with E-state index < -0.39 is 10.0 Å². The van der Waals surface area contributed by atoms with E-state index >= 15 is 0 Å². The van der Waals surface area contributed by atoms with Crippen LogP contribution in [-0.2, 0) is 26.9 Å². The van der Waals surface area contributed by atoms with Crippen molar-refractivity contribution in [3.8, 4) is 5.75 Å². The average Bonchev–Trinajstić information content (AvgIpc) is 3.46. The first-order chi connectivity index (χ1) is 12.5. The van der Waals surface area contributed by atoms with Crippen LogP contribution in [0.5, 0.6) is 5.75 Å². The molecular formula is C20H25NO4S. The van der Waals surface area contributed by atoms with Crippen LogP contribution in [0.25, 0.3) is 0 Å². The summed E-state index contributed by atoms with van der Waals surface area (Å²) in [7, 11) is -1.87. The van der Waals surface area contributed by atoms with Crippen molar-refractivity contribution in [1.82, 2.24) is 0 Å². The van der Waals surface area contributed by atoms with E-state index in [4.69, 9.17) is 9.47 Å². The van der Waals surface area contributed by atoms with E-state index in [0.29, 0.717) is 12.3 Å². The van der Waals surface area contributed by atoms with Crippen LogP contribution in [0.1, 0.15) is 24.5 Å². The highest BCUT2D eigenvalue weighted by atomic mass is 32.2. The van der Waals surface area contributed by atoms with Gasteiger partial charge >= 0.3 is 0 Å². The average molecular weight is 375 g/mol. The molecule has 1 aliphatic heterocycles. The van der Waals surface area contributed by atoms with Gasteiger partial charge in [-0.05, 0) is 41.8 Å². The molecule has 6 heteroatoms. The minimum Gasteiger partial charge on any atom is -0.491 e. The molecule has 140 valence electrons. The molecule has 0 aliphatic carbocycles. The second-order valence-corrected chi connectivity index (χ2v) is 8.51. The molecule has 2 aromatic carbocycles. The monoisotopic (exact) mass is 375 g/mol. The van der Waals surface area contributed by atoms with Gasteiger partial charge in [0.1, 0.15) is 18.5 Å². The molecule has 1 atom stereocenters. The van der Waals surface area contributed by atoms with Crippen molar-refractivity contribution in [2.45, 2.75) is 31.6 Å². The van der Waals surface area contributed by atoms with Crippen molar-refractivity contribution in [3.05, 3.63) is 59.7 Å². The summed E-state index contributed by atoms with van der Waals surface area (Å²) in [5.41, 5.74) is 2.50. The Morgan fingerprint density at radius 1 is 1.15 bits per heavy atom. The maximum Gasteiger partial charge on any atom is 0.239 e. The van der Waals surface area contributed by atoms with Crippen LogP contribution in [0, 0.1) is 0 Å². The van der Waals surface area contributed by atoms with E-state index in [1.165, 1.54) is 4.31 Å². The zero-order valence-corrected chi connectivity index (χ0v) is 16.0. The van der Waals surface area contributed by atoms with E-state index in [9.17, 15) is 8.42 Å². The topological polar surface area (TPSA) is 59.1 Å². The van der Waals surface area contributed by atoms with E-state index in [-0.39, 0.29) is 11.9 Å². The standard InChI is InChI=1S/C20H25NO4S/c1-3-7-16-12-19(24-13-20-14-25-20)11-10-17(16)15-26(22,23)21(2)18-8-5-4-6-9-18/h4-6,8-12,20H,3,7,13-15H2,1-2H3. The Morgan fingerprint density at radius 3 is 2.54 bits per heavy atom. The summed E-state index contributed by atoms with van der Waals surface area (Å²) in [6, 6.07) is 14.8. The second kappa shape index (κ2) is 8.10. The molecule has 0 N–H and O–H groups in total. The summed E-state index contributed by atoms with van der Waals surface area (Å²) in [6.07, 6.45) is 1.96. The molecule has 2 aromatic rings. The van der Waals surface area contributed by atoms with Gasteiger partial charge in [-0.25, -0.2) is 8.42 Å². The molecule has 0 amide bonds. The summed E-state index contributed by atoms with van der Waals surface area (Å²) in [6.45, 7) is 3.38. The maximum absolute atomic E-state index is 12.8. The number of epoxide rings is 1. The summed E-state index contributed by atoms with van der Waals surface area (Å²) in [4.78, 5) is 0. The molecule has 5 nitrogen and oxygen atoms in total. The molecule has 0 bridgehead atoms. The third-order valence-corrected chi connectivity index (χ3v) is 6.13. The Kier molecular flexibility index (Phi) is 5.84. The van der Waals surface area contributed by atoms with Crippen LogP contribution >= 0.6 is 0 Å². The third-order valence-electron chi connectivity index (χ3n) is 4.41. The number of ether oxygens (including phenoxy) is 2. The van der Waals surface area contributed by atoms with Crippen molar-refractivity contribution in [1.29, 1.82) is 0 Å². The number of anilines is 1. The molecule has 26 heavy (non-hydrogen) atoms. The second-order valence-electron chi connectivity index (χ2n) is 6.51. The lowest BCUT2D eigenvalue weighted by Gasteiger charge is -2.20. The fourth-order valence-electron chi connectivity index (χ4n) is 2.78. The van der Waals surface area contributed by atoms with Crippen molar-refractivity contribution in [3.63, 3.8) is 0 Å². The highest BCUT2D eigenvalue weighted by Gasteiger charge is 2.24. The molecule has 0 saturated carbocycles. The van der Waals surface area contributed by atoms with Gasteiger partial charge < -0.3 is 9.47 Å². The number of sulfonamides is 1. The van der Waals surface area contributed by atoms with Crippen LogP contribution in [-0.4, -0.2) is 34.8 Å². The number of rotatable bonds is 9. The SMILES string of the molecule is CCCc1cc(OCC2CO2)ccc1CS(=O)(=O)N(C)c1ccccc1. The molecular weight excluding hydrogens is 350 g/mol. The van der Waals surface area contributed by atoms with Crippen LogP contribution in [0.4, 0.5) is 5.69 Å². The van der Waals surface area contributed by atoms with Gasteiger partial charge in [0, 0.05) is 7.05 Å². The fourth-order valence-corrected chi connectivity index (χ4v) is 4.09. The van der Waals surface area contributed by atoms with Gasteiger partial charge in [-0.15, -0.1) is 0 Å². The number of nitrogens with zero attached hydrogens (tertiary/aromatic N) is 1. The Bertz CT molecular complexity index is 832. The molecule has 3 rings (SSSR count). The summed E-state index contributed by atoms with van der Waals surface area (Å²) in [5.74, 6) is 0.737. The van der Waals surface area contributed by atoms with Gasteiger partial charge in [0.05, 0.1) is 18.0 Å². The number of hydrogen-bond donors (Lipinski definition) is 0. The Labute approximate surface area is 155 Å². The van der Waals surface area contributed by atoms with Gasteiger partial charge in [-0.2, -0.15) is 0 Å². The highest BCUT2D eigenvalue weighted by molar-refractivity contribution is 7.92. The molecule has 1 saturated heterocycles. The molecule has 1 fully saturated rings. The maximum atomic E-state index is 12.8. The van der Waals surface area contributed by atoms with E-state index in [1.54, 1.807) is 19.2 Å². The third kappa shape index (κ3) is 4.77. The summed E-state index contributed by atoms with van der Waals surface area (Å²) >= 11 is 0. The van der Waals surface area contributed by atoms with E-state index in [1.807, 2.05) is 36.4 Å². The Morgan fingerprint density at radius 2 is 1.88 bits per heavy atom. The van der Waals surface area contributed by atoms with E-state index in [2.05, 4.69) is 6.92 Å². The molecule has 1 unspecified atom stereocenters. The molecule has 0 aromatic heterocycles. The highest BCUT2D eigenvalue weighted by Crippen LogP contribution is 2.25. The zero-order chi connectivity index (χ0) is 18.6. The predicted octanol–water partition coefficient (Wildman–Crippen LogP) is 3.38. The van der Waals surface area contributed by atoms with Gasteiger partial charge in [0.15, 0.2) is 0 Å². The lowest BCUT2D eigenvalue weighted by molar-refractivity contribution is 0.263. The minimum atomic E-state index is -3.46. The summed E-state index contributed by atoms with van der Waals surface area (Å²) in [5, 5.41) is 0. The van der Waals surface area contributed by atoms with Crippen LogP contribution < -0.4 is 9.04 Å². The van der Waals surface area contributed by atoms with Gasteiger partial charge in [-0.3, -0.25) is 4.31 Å². The van der Waals surface area contributed by atoms with Crippen molar-refractivity contribution in [2.24, 2.45) is 0 Å². The van der Waals surface area contributed by atoms with Crippen molar-refractivity contribution >= 4 is 15.7 Å². The smallest absolute Gasteiger partial charge is 0.239 e. The largest absolute Gasteiger partial charge is 0.491 e. The Hall–Kier alpha value is -2.05. The normalized spacial score (nSPS) is 16.3. The van der Waals surface area contributed by atoms with Gasteiger partial charge in [0.25, 0.3) is 0 Å². The molecule has 0 spiro atoms. The Balaban J connectivity index is 1.78. The van der Waals surface area contributed by atoms with Crippen LogP contribution in [0.2, 0.25) is 0 Å². The van der Waals surface area contributed by atoms with Crippen LogP contribution in [0.15, 0.2) is 48.5 Å². The molecule has 0 radical (unpaired) electrons. The van der Waals surface area contributed by atoms with Gasteiger partial charge in [0.2, 0.25) is 10.0 Å². The van der Waals surface area contributed by atoms with Crippen molar-refractivity contribution in [2.75, 3.05) is 24.6 Å². The lowest BCUT2D eigenvalue weighted by Crippen LogP contribution is -2.28. The zero-order valence-electron chi connectivity index (χ0n) is 15.2. The van der Waals surface area contributed by atoms with Crippen molar-refractivity contribution < 1.29 is 17.9 Å². The van der Waals surface area contributed by atoms with E-state index in [0.717, 1.165) is 36.3 Å². The number of benzene rings is 2. The fraction of sp³-hybridized carbons (Fsp3) is 0.400.